The van der Waals surface area contributed by atoms with E-state index < -0.39 is 40.8 Å². The molecule has 2 aromatic carbocycles. The molecular weight excluding hydrogens is 739 g/mol. The first-order valence-electron chi connectivity index (χ1n) is 16.7. The molecule has 4 N–H and O–H groups in total. The summed E-state index contributed by atoms with van der Waals surface area (Å²) in [5.74, 6) is -5.92. The Morgan fingerprint density at radius 2 is 2.04 bits per heavy atom. The molecule has 5 aromatic rings. The van der Waals surface area contributed by atoms with Gasteiger partial charge in [-0.25, -0.2) is 18.2 Å². The lowest BCUT2D eigenvalue weighted by molar-refractivity contribution is 0.0221. The maximum Gasteiger partial charge on any atom is 0.319 e. The van der Waals surface area contributed by atoms with Gasteiger partial charge in [0, 0.05) is 35.7 Å². The maximum absolute atomic E-state index is 17.4. The summed E-state index contributed by atoms with van der Waals surface area (Å²) >= 11 is 7.81. The van der Waals surface area contributed by atoms with Gasteiger partial charge in [-0.1, -0.05) is 30.3 Å². The molecule has 0 amide bonds. The maximum atomic E-state index is 17.4. The lowest BCUT2D eigenvalue weighted by Gasteiger charge is -2.36. The molecule has 6 heterocycles. The molecule has 53 heavy (non-hydrogen) atoms. The SMILES string of the molecule is C=CC(F)(F)[C@@H](c1cccnc1N)N1CCOc2c(Cl)c(-c3ccc(F)c4sc(N)c(C#N)c34)c(F)c3nc(OC[C@@]45CCCN4C[C@H](F)C5)nc1c23. The third-order valence-electron chi connectivity index (χ3n) is 10.3. The highest BCUT2D eigenvalue weighted by atomic mass is 35.5. The first-order valence-corrected chi connectivity index (χ1v) is 17.9. The fourth-order valence-corrected chi connectivity index (χ4v) is 9.28. The zero-order chi connectivity index (χ0) is 37.4. The predicted octanol–water partition coefficient (Wildman–Crippen LogP) is 7.59. The van der Waals surface area contributed by atoms with Gasteiger partial charge < -0.3 is 25.8 Å². The Bertz CT molecular complexity index is 2370. The number of nitrogen functional groups attached to an aromatic ring is 2. The highest BCUT2D eigenvalue weighted by Gasteiger charge is 2.50. The molecule has 0 aliphatic carbocycles. The normalized spacial score (nSPS) is 20.6. The van der Waals surface area contributed by atoms with Gasteiger partial charge >= 0.3 is 6.01 Å². The van der Waals surface area contributed by atoms with Gasteiger partial charge in [0.2, 0.25) is 0 Å². The van der Waals surface area contributed by atoms with E-state index in [1.54, 1.807) is 0 Å². The quantitative estimate of drug-likeness (QED) is 0.120. The van der Waals surface area contributed by atoms with E-state index in [-0.39, 0.29) is 104 Å². The Labute approximate surface area is 308 Å². The number of thiophene rings is 1. The molecule has 2 fully saturated rings. The summed E-state index contributed by atoms with van der Waals surface area (Å²) in [5, 5.41) is 9.56. The van der Waals surface area contributed by atoms with Crippen molar-refractivity contribution in [2.75, 3.05) is 49.2 Å². The molecule has 3 aliphatic heterocycles. The van der Waals surface area contributed by atoms with Crippen molar-refractivity contribution >= 4 is 60.6 Å². The molecular formula is C36H30ClF5N8O2S. The minimum Gasteiger partial charge on any atom is -0.489 e. The standard InChI is InChI=1S/C36H30ClF5N8O2S/c1-2-36(41,42)30(19-5-3-9-46-31(19)44)50-11-12-51-28-24-27(47-34(48-33(24)50)52-16-35-8-4-10-49(35)15-17(38)13-35)26(40)23(25(28)37)18-6-7-21(39)29-22(18)20(14-43)32(45)53-29/h2-3,5-7,9,17,30H,1,4,8,10-13,15-16,45H2,(H2,44,46)/t17-,30-,35+/m1/s1. The van der Waals surface area contributed by atoms with E-state index in [1.165, 1.54) is 29.3 Å². The number of nitrogens with zero attached hydrogens (tertiary/aromatic N) is 6. The van der Waals surface area contributed by atoms with Crippen molar-refractivity contribution < 1.29 is 31.4 Å². The predicted molar refractivity (Wildman–Crippen MR) is 192 cm³/mol. The molecule has 17 heteroatoms. The van der Waals surface area contributed by atoms with Gasteiger partial charge in [-0.15, -0.1) is 11.3 Å². The summed E-state index contributed by atoms with van der Waals surface area (Å²) in [7, 11) is 0. The van der Waals surface area contributed by atoms with Crippen molar-refractivity contribution in [1.82, 2.24) is 19.9 Å². The van der Waals surface area contributed by atoms with E-state index in [4.69, 9.17) is 32.5 Å². The molecule has 2 saturated heterocycles. The van der Waals surface area contributed by atoms with Crippen LogP contribution in [0.4, 0.5) is 38.6 Å². The van der Waals surface area contributed by atoms with Crippen molar-refractivity contribution in [1.29, 1.82) is 5.26 Å². The molecule has 0 saturated carbocycles. The van der Waals surface area contributed by atoms with Crippen molar-refractivity contribution in [2.45, 2.75) is 42.9 Å². The number of benzene rings is 2. The second-order valence-electron chi connectivity index (χ2n) is 13.3. The number of aromatic nitrogens is 3. The molecule has 274 valence electrons. The molecule has 3 atom stereocenters. The van der Waals surface area contributed by atoms with Crippen LogP contribution in [0.2, 0.25) is 5.02 Å². The van der Waals surface area contributed by atoms with E-state index in [0.717, 1.165) is 23.8 Å². The van der Waals surface area contributed by atoms with Crippen molar-refractivity contribution in [3.05, 3.63) is 70.9 Å². The van der Waals surface area contributed by atoms with Gasteiger partial charge in [0.25, 0.3) is 5.92 Å². The molecule has 3 aromatic heterocycles. The molecule has 3 aliphatic rings. The summed E-state index contributed by atoms with van der Waals surface area (Å²) in [5.41, 5.74) is 10.8. The summed E-state index contributed by atoms with van der Waals surface area (Å²) in [6.45, 7) is 3.74. The second-order valence-corrected chi connectivity index (χ2v) is 14.7. The summed E-state index contributed by atoms with van der Waals surface area (Å²) in [6, 6.07) is 4.94. The van der Waals surface area contributed by atoms with Crippen molar-refractivity contribution in [3.8, 4) is 29.0 Å². The van der Waals surface area contributed by atoms with E-state index in [9.17, 15) is 9.65 Å². The van der Waals surface area contributed by atoms with Gasteiger partial charge in [0.15, 0.2) is 11.6 Å². The number of hydrogen-bond donors (Lipinski definition) is 2. The van der Waals surface area contributed by atoms with Crippen LogP contribution in [0.15, 0.2) is 43.1 Å². The number of hydrogen-bond acceptors (Lipinski definition) is 11. The average Bonchev–Trinajstić information content (AvgIpc) is 3.74. The summed E-state index contributed by atoms with van der Waals surface area (Å²) < 4.78 is 91.6. The largest absolute Gasteiger partial charge is 0.489 e. The van der Waals surface area contributed by atoms with Crippen LogP contribution >= 0.6 is 22.9 Å². The third kappa shape index (κ3) is 5.47. The highest BCUT2D eigenvalue weighted by molar-refractivity contribution is 7.23. The number of fused-ring (bicyclic) bond motifs is 2. The van der Waals surface area contributed by atoms with Crippen LogP contribution in [0, 0.1) is 23.0 Å². The Hall–Kier alpha value is -4.98. The summed E-state index contributed by atoms with van der Waals surface area (Å²) in [6.07, 6.45) is 2.44. The third-order valence-corrected chi connectivity index (χ3v) is 11.7. The van der Waals surface area contributed by atoms with Gasteiger partial charge in [-0.3, -0.25) is 4.90 Å². The van der Waals surface area contributed by atoms with Crippen molar-refractivity contribution in [3.63, 3.8) is 0 Å². The first-order chi connectivity index (χ1) is 25.4. The van der Waals surface area contributed by atoms with Crippen LogP contribution in [-0.4, -0.2) is 70.3 Å². The number of ether oxygens (including phenoxy) is 2. The highest BCUT2D eigenvalue weighted by Crippen LogP contribution is 2.53. The van der Waals surface area contributed by atoms with Crippen LogP contribution in [0.25, 0.3) is 32.1 Å². The number of nitriles is 1. The number of rotatable bonds is 8. The Kier molecular flexibility index (Phi) is 8.51. The molecule has 0 bridgehead atoms. The van der Waals surface area contributed by atoms with Crippen LogP contribution in [0.3, 0.4) is 0 Å². The minimum atomic E-state index is -3.65. The lowest BCUT2D eigenvalue weighted by Crippen LogP contribution is -2.44. The fourth-order valence-electron chi connectivity index (χ4n) is 7.99. The van der Waals surface area contributed by atoms with Gasteiger partial charge in [-0.2, -0.15) is 24.0 Å². The molecule has 0 spiro atoms. The summed E-state index contributed by atoms with van der Waals surface area (Å²) in [4.78, 5) is 16.3. The minimum absolute atomic E-state index is 0.00383. The number of nitrogens with two attached hydrogens (primary N) is 2. The van der Waals surface area contributed by atoms with Crippen LogP contribution in [0.1, 0.15) is 36.4 Å². The molecule has 10 nitrogen and oxygen atoms in total. The number of alkyl halides is 3. The van der Waals surface area contributed by atoms with Crippen molar-refractivity contribution in [2.24, 2.45) is 0 Å². The van der Waals surface area contributed by atoms with E-state index in [1.807, 2.05) is 11.0 Å². The number of halogens is 6. The van der Waals surface area contributed by atoms with E-state index in [0.29, 0.717) is 19.0 Å². The Morgan fingerprint density at radius 3 is 2.79 bits per heavy atom. The average molecular weight is 769 g/mol. The number of pyridine rings is 1. The second kappa shape index (κ2) is 12.9. The van der Waals surface area contributed by atoms with Crippen LogP contribution in [-0.2, 0) is 0 Å². The topological polar surface area (TPSA) is 139 Å². The monoisotopic (exact) mass is 768 g/mol. The smallest absolute Gasteiger partial charge is 0.319 e. The Balaban J connectivity index is 1.40. The zero-order valence-corrected chi connectivity index (χ0v) is 29.4. The van der Waals surface area contributed by atoms with Gasteiger partial charge in [-0.05, 0) is 43.2 Å². The molecule has 8 rings (SSSR count). The number of anilines is 3. The van der Waals surface area contributed by atoms with Crippen LogP contribution < -0.4 is 25.8 Å². The first kappa shape index (κ1) is 35.1. The zero-order valence-electron chi connectivity index (χ0n) is 27.8. The van der Waals surface area contributed by atoms with Gasteiger partial charge in [0.05, 0.1) is 32.8 Å². The van der Waals surface area contributed by atoms with Crippen LogP contribution in [0.5, 0.6) is 11.8 Å². The van der Waals surface area contributed by atoms with E-state index >= 15 is 17.6 Å². The van der Waals surface area contributed by atoms with E-state index in [2.05, 4.69) is 21.5 Å². The fraction of sp³-hybridized carbons (Fsp3) is 0.333. The molecule has 0 radical (unpaired) electrons. The lowest BCUT2D eigenvalue weighted by atomic mass is 9.95. The molecule has 0 unspecified atom stereocenters. The Morgan fingerprint density at radius 1 is 1.23 bits per heavy atom. The van der Waals surface area contributed by atoms with Gasteiger partial charge in [0.1, 0.15) is 59.5 Å².